The molecule has 0 heterocycles. The van der Waals surface area contributed by atoms with Crippen molar-refractivity contribution in [3.63, 3.8) is 0 Å². The van der Waals surface area contributed by atoms with Crippen LogP contribution in [0.1, 0.15) is 11.1 Å². The summed E-state index contributed by atoms with van der Waals surface area (Å²) >= 11 is 3.22. The van der Waals surface area contributed by atoms with Gasteiger partial charge >= 0.3 is 0 Å². The molecule has 2 aromatic carbocycles. The molecule has 0 aromatic heterocycles. The lowest BCUT2D eigenvalue weighted by atomic mass is 10.2. The van der Waals surface area contributed by atoms with E-state index in [0.29, 0.717) is 21.3 Å². The number of nitrogens with zero attached hydrogens (tertiary/aromatic N) is 1. The predicted molar refractivity (Wildman–Crippen MR) is 69.6 cm³/mol. The van der Waals surface area contributed by atoms with Gasteiger partial charge in [-0.1, -0.05) is 28.1 Å². The Morgan fingerprint density at radius 1 is 1.22 bits per heavy atom. The number of rotatable bonds is 3. The normalized spacial score (nSPS) is 9.83. The minimum Gasteiger partial charge on any atom is -0.488 e. The van der Waals surface area contributed by atoms with Crippen LogP contribution in [0.4, 0.5) is 4.39 Å². The maximum Gasteiger partial charge on any atom is 0.137 e. The van der Waals surface area contributed by atoms with Crippen LogP contribution in [0.15, 0.2) is 46.9 Å². The summed E-state index contributed by atoms with van der Waals surface area (Å²) in [5.41, 5.74) is 1.17. The summed E-state index contributed by atoms with van der Waals surface area (Å²) in [6.07, 6.45) is 0. The van der Waals surface area contributed by atoms with Crippen LogP contribution in [0.2, 0.25) is 0 Å². The quantitative estimate of drug-likeness (QED) is 0.857. The SMILES string of the molecule is N#Cc1ccccc1OCc1cc(F)cc(Br)c1. The van der Waals surface area contributed by atoms with E-state index < -0.39 is 0 Å². The zero-order valence-corrected chi connectivity index (χ0v) is 10.9. The average Bonchev–Trinajstić information content (AvgIpc) is 2.35. The van der Waals surface area contributed by atoms with E-state index in [1.807, 2.05) is 6.07 Å². The second kappa shape index (κ2) is 5.65. The number of nitriles is 1. The Kier molecular flexibility index (Phi) is 3.96. The molecule has 0 unspecified atom stereocenters. The molecule has 0 fully saturated rings. The summed E-state index contributed by atoms with van der Waals surface area (Å²) in [7, 11) is 0. The molecule has 0 aliphatic rings. The third kappa shape index (κ3) is 3.08. The lowest BCUT2D eigenvalue weighted by Crippen LogP contribution is -1.97. The van der Waals surface area contributed by atoms with E-state index in [-0.39, 0.29) is 12.4 Å². The maximum absolute atomic E-state index is 13.2. The lowest BCUT2D eigenvalue weighted by molar-refractivity contribution is 0.304. The zero-order chi connectivity index (χ0) is 13.0. The maximum atomic E-state index is 13.2. The second-order valence-electron chi connectivity index (χ2n) is 3.67. The van der Waals surface area contributed by atoms with E-state index in [1.54, 1.807) is 30.3 Å². The van der Waals surface area contributed by atoms with E-state index in [2.05, 4.69) is 15.9 Å². The van der Waals surface area contributed by atoms with Gasteiger partial charge in [0.05, 0.1) is 5.56 Å². The second-order valence-corrected chi connectivity index (χ2v) is 4.59. The van der Waals surface area contributed by atoms with Gasteiger partial charge in [-0.05, 0) is 35.9 Å². The highest BCUT2D eigenvalue weighted by Gasteiger charge is 2.04. The molecule has 0 aliphatic heterocycles. The van der Waals surface area contributed by atoms with Gasteiger partial charge in [-0.2, -0.15) is 5.26 Å². The fourth-order valence-corrected chi connectivity index (χ4v) is 2.05. The Morgan fingerprint density at radius 2 is 2.00 bits per heavy atom. The number of para-hydroxylation sites is 1. The first-order valence-corrected chi connectivity index (χ1v) is 6.05. The van der Waals surface area contributed by atoms with E-state index in [1.165, 1.54) is 12.1 Å². The molecule has 90 valence electrons. The molecule has 0 saturated carbocycles. The first-order valence-electron chi connectivity index (χ1n) is 5.26. The molecule has 4 heteroatoms. The third-order valence-corrected chi connectivity index (χ3v) is 2.78. The standard InChI is InChI=1S/C14H9BrFNO/c15-12-5-10(6-13(16)7-12)9-18-14-4-2-1-3-11(14)8-17/h1-7H,9H2. The van der Waals surface area contributed by atoms with Crippen molar-refractivity contribution in [3.8, 4) is 11.8 Å². The van der Waals surface area contributed by atoms with Crippen molar-refractivity contribution < 1.29 is 9.13 Å². The number of ether oxygens (including phenoxy) is 1. The van der Waals surface area contributed by atoms with E-state index in [9.17, 15) is 4.39 Å². The largest absolute Gasteiger partial charge is 0.488 e. The number of hydrogen-bond donors (Lipinski definition) is 0. The lowest BCUT2D eigenvalue weighted by Gasteiger charge is -2.08. The Balaban J connectivity index is 2.14. The third-order valence-electron chi connectivity index (χ3n) is 2.32. The van der Waals surface area contributed by atoms with Crippen molar-refractivity contribution in [2.75, 3.05) is 0 Å². The molecule has 0 amide bonds. The molecule has 0 spiro atoms. The van der Waals surface area contributed by atoms with Crippen LogP contribution in [0, 0.1) is 17.1 Å². The molecule has 0 saturated heterocycles. The zero-order valence-electron chi connectivity index (χ0n) is 9.36. The first kappa shape index (κ1) is 12.6. The van der Waals surface area contributed by atoms with Crippen molar-refractivity contribution in [3.05, 3.63) is 63.9 Å². The first-order chi connectivity index (χ1) is 8.69. The van der Waals surface area contributed by atoms with Crippen LogP contribution in [-0.2, 0) is 6.61 Å². The highest BCUT2D eigenvalue weighted by molar-refractivity contribution is 9.10. The Morgan fingerprint density at radius 3 is 2.72 bits per heavy atom. The summed E-state index contributed by atoms with van der Waals surface area (Å²) in [5, 5.41) is 8.91. The van der Waals surface area contributed by atoms with Crippen LogP contribution in [0.25, 0.3) is 0 Å². The summed E-state index contributed by atoms with van der Waals surface area (Å²) in [6, 6.07) is 13.6. The van der Waals surface area contributed by atoms with E-state index >= 15 is 0 Å². The number of hydrogen-bond acceptors (Lipinski definition) is 2. The van der Waals surface area contributed by atoms with E-state index in [0.717, 1.165) is 0 Å². The van der Waals surface area contributed by atoms with Gasteiger partial charge in [0.15, 0.2) is 0 Å². The molecular formula is C14H9BrFNO. The Bertz CT molecular complexity index is 587. The van der Waals surface area contributed by atoms with Crippen molar-refractivity contribution in [1.29, 1.82) is 5.26 Å². The van der Waals surface area contributed by atoms with Crippen LogP contribution in [0.3, 0.4) is 0 Å². The van der Waals surface area contributed by atoms with Crippen molar-refractivity contribution in [2.24, 2.45) is 0 Å². The molecule has 2 aromatic rings. The fraction of sp³-hybridized carbons (Fsp3) is 0.0714. The van der Waals surface area contributed by atoms with Crippen molar-refractivity contribution in [1.82, 2.24) is 0 Å². The summed E-state index contributed by atoms with van der Waals surface area (Å²) in [6.45, 7) is 0.217. The van der Waals surface area contributed by atoms with Gasteiger partial charge in [-0.15, -0.1) is 0 Å². The molecule has 0 bridgehead atoms. The minimum absolute atomic E-state index is 0.217. The number of halogens is 2. The highest BCUT2D eigenvalue weighted by Crippen LogP contribution is 2.20. The molecule has 2 rings (SSSR count). The summed E-state index contributed by atoms with van der Waals surface area (Å²) in [4.78, 5) is 0. The van der Waals surface area contributed by atoms with Gasteiger partial charge < -0.3 is 4.74 Å². The topological polar surface area (TPSA) is 33.0 Å². The Labute approximate surface area is 113 Å². The van der Waals surface area contributed by atoms with Gasteiger partial charge in [0.2, 0.25) is 0 Å². The van der Waals surface area contributed by atoms with Gasteiger partial charge in [0, 0.05) is 4.47 Å². The summed E-state index contributed by atoms with van der Waals surface area (Å²) in [5.74, 6) is 0.178. The van der Waals surface area contributed by atoms with Crippen LogP contribution < -0.4 is 4.74 Å². The van der Waals surface area contributed by atoms with Gasteiger partial charge in [-0.3, -0.25) is 0 Å². The van der Waals surface area contributed by atoms with Crippen molar-refractivity contribution in [2.45, 2.75) is 6.61 Å². The fourth-order valence-electron chi connectivity index (χ4n) is 1.54. The number of benzene rings is 2. The monoisotopic (exact) mass is 305 g/mol. The molecule has 0 N–H and O–H groups in total. The van der Waals surface area contributed by atoms with Crippen LogP contribution in [0.5, 0.6) is 5.75 Å². The molecule has 0 aliphatic carbocycles. The molecule has 18 heavy (non-hydrogen) atoms. The van der Waals surface area contributed by atoms with E-state index in [4.69, 9.17) is 10.00 Å². The smallest absolute Gasteiger partial charge is 0.137 e. The Hall–Kier alpha value is -1.86. The van der Waals surface area contributed by atoms with Crippen LogP contribution >= 0.6 is 15.9 Å². The van der Waals surface area contributed by atoms with Crippen LogP contribution in [-0.4, -0.2) is 0 Å². The highest BCUT2D eigenvalue weighted by atomic mass is 79.9. The molecular weight excluding hydrogens is 297 g/mol. The van der Waals surface area contributed by atoms with Crippen molar-refractivity contribution >= 4 is 15.9 Å². The minimum atomic E-state index is -0.323. The van der Waals surface area contributed by atoms with Gasteiger partial charge in [-0.25, -0.2) is 4.39 Å². The predicted octanol–water partition coefficient (Wildman–Crippen LogP) is 4.04. The van der Waals surface area contributed by atoms with Gasteiger partial charge in [0.25, 0.3) is 0 Å². The average molecular weight is 306 g/mol. The summed E-state index contributed by atoms with van der Waals surface area (Å²) < 4.78 is 19.3. The molecule has 2 nitrogen and oxygen atoms in total. The molecule has 0 radical (unpaired) electrons. The van der Waals surface area contributed by atoms with Gasteiger partial charge in [0.1, 0.15) is 24.2 Å². The molecule has 0 atom stereocenters.